The van der Waals surface area contributed by atoms with Gasteiger partial charge < -0.3 is 0 Å². The van der Waals surface area contributed by atoms with Gasteiger partial charge in [-0.2, -0.15) is 0 Å². The van der Waals surface area contributed by atoms with Gasteiger partial charge in [-0.15, -0.1) is 0 Å². The van der Waals surface area contributed by atoms with Crippen molar-refractivity contribution in [3.63, 3.8) is 0 Å². The standard InChI is InChI=1S/C46H36N2/c1-45(2)38-18-12-11-17-34(38)36-26-41-37(27-40(36)45)35-24-23-33(25-39(35)46(41,3)4)29-19-21-31(22-20-29)43-28-42(30-13-7-5-8-14-30)47-44(48-43)32-15-9-6-10-16-32/h5-28H,1-4H3. The van der Waals surface area contributed by atoms with E-state index < -0.39 is 0 Å². The van der Waals surface area contributed by atoms with E-state index in [9.17, 15) is 0 Å². The summed E-state index contributed by atoms with van der Waals surface area (Å²) in [6.45, 7) is 9.49. The van der Waals surface area contributed by atoms with Gasteiger partial charge in [-0.3, -0.25) is 0 Å². The third-order valence-electron chi connectivity index (χ3n) is 10.7. The van der Waals surface area contributed by atoms with Gasteiger partial charge in [0.25, 0.3) is 0 Å². The lowest BCUT2D eigenvalue weighted by Gasteiger charge is -2.24. The number of hydrogen-bond acceptors (Lipinski definition) is 2. The highest BCUT2D eigenvalue weighted by Crippen LogP contribution is 2.56. The normalized spacial score (nSPS) is 14.6. The van der Waals surface area contributed by atoms with Crippen LogP contribution in [0.2, 0.25) is 0 Å². The first-order chi connectivity index (χ1) is 23.3. The van der Waals surface area contributed by atoms with Gasteiger partial charge in [0.05, 0.1) is 11.4 Å². The molecule has 0 amide bonds. The van der Waals surface area contributed by atoms with E-state index in [-0.39, 0.29) is 10.8 Å². The summed E-state index contributed by atoms with van der Waals surface area (Å²) < 4.78 is 0. The van der Waals surface area contributed by atoms with Crippen molar-refractivity contribution in [2.45, 2.75) is 38.5 Å². The lowest BCUT2D eigenvalue weighted by atomic mass is 9.79. The lowest BCUT2D eigenvalue weighted by molar-refractivity contribution is 0.652. The predicted molar refractivity (Wildman–Crippen MR) is 199 cm³/mol. The van der Waals surface area contributed by atoms with Crippen molar-refractivity contribution in [3.05, 3.63) is 168 Å². The van der Waals surface area contributed by atoms with Gasteiger partial charge in [0.1, 0.15) is 0 Å². The van der Waals surface area contributed by atoms with Crippen LogP contribution in [0.3, 0.4) is 0 Å². The Morgan fingerprint density at radius 3 is 1.44 bits per heavy atom. The fraction of sp³-hybridized carbons (Fsp3) is 0.130. The van der Waals surface area contributed by atoms with Crippen molar-refractivity contribution in [3.8, 4) is 67.3 Å². The quantitative estimate of drug-likeness (QED) is 0.197. The topological polar surface area (TPSA) is 25.8 Å². The Morgan fingerprint density at radius 1 is 0.333 bits per heavy atom. The van der Waals surface area contributed by atoms with Crippen LogP contribution in [-0.2, 0) is 10.8 Å². The molecule has 2 aliphatic carbocycles. The first kappa shape index (κ1) is 28.6. The minimum atomic E-state index is -0.0973. The fourth-order valence-electron chi connectivity index (χ4n) is 8.01. The van der Waals surface area contributed by atoms with E-state index in [1.165, 1.54) is 55.6 Å². The molecule has 230 valence electrons. The van der Waals surface area contributed by atoms with Crippen molar-refractivity contribution >= 4 is 0 Å². The molecule has 0 spiro atoms. The van der Waals surface area contributed by atoms with Crippen molar-refractivity contribution in [2.75, 3.05) is 0 Å². The molecule has 0 fully saturated rings. The molecule has 0 N–H and O–H groups in total. The number of benzene rings is 6. The molecule has 7 aromatic rings. The molecule has 0 radical (unpaired) electrons. The summed E-state index contributed by atoms with van der Waals surface area (Å²) in [6.07, 6.45) is 0. The fourth-order valence-corrected chi connectivity index (χ4v) is 8.01. The summed E-state index contributed by atoms with van der Waals surface area (Å²) in [4.78, 5) is 9.99. The van der Waals surface area contributed by atoms with E-state index in [1.54, 1.807) is 0 Å². The van der Waals surface area contributed by atoms with E-state index in [0.717, 1.165) is 33.9 Å². The van der Waals surface area contributed by atoms with Gasteiger partial charge in [-0.25, -0.2) is 9.97 Å². The Labute approximate surface area is 282 Å². The highest BCUT2D eigenvalue weighted by molar-refractivity contribution is 5.90. The number of nitrogens with zero attached hydrogens (tertiary/aromatic N) is 2. The van der Waals surface area contributed by atoms with Gasteiger partial charge in [-0.1, -0.05) is 149 Å². The SMILES string of the molecule is CC1(C)c2ccccc2-c2cc3c(cc21)-c1ccc(-c2ccc(-c4cc(-c5ccccc5)nc(-c5ccccc5)n4)cc2)cc1C3(C)C. The Balaban J connectivity index is 1.09. The van der Waals surface area contributed by atoms with Crippen molar-refractivity contribution in [2.24, 2.45) is 0 Å². The van der Waals surface area contributed by atoms with E-state index in [4.69, 9.17) is 9.97 Å². The first-order valence-corrected chi connectivity index (χ1v) is 16.8. The third kappa shape index (κ3) is 4.33. The van der Waals surface area contributed by atoms with Gasteiger partial charge in [-0.05, 0) is 79.9 Å². The number of hydrogen-bond donors (Lipinski definition) is 0. The second kappa shape index (κ2) is 10.5. The number of aromatic nitrogens is 2. The third-order valence-corrected chi connectivity index (χ3v) is 10.7. The summed E-state index contributed by atoms with van der Waals surface area (Å²) in [5.41, 5.74) is 18.5. The van der Waals surface area contributed by atoms with Crippen LogP contribution >= 0.6 is 0 Å². The number of rotatable bonds is 4. The Bertz CT molecular complexity index is 2310. The Hall–Kier alpha value is -5.60. The molecule has 1 heterocycles. The second-order valence-corrected chi connectivity index (χ2v) is 14.3. The van der Waals surface area contributed by atoms with Gasteiger partial charge in [0, 0.05) is 27.5 Å². The molecule has 0 bridgehead atoms. The molecule has 2 heteroatoms. The minimum Gasteiger partial charge on any atom is -0.228 e. The summed E-state index contributed by atoms with van der Waals surface area (Å²) in [5.74, 6) is 0.731. The van der Waals surface area contributed by atoms with E-state index in [1.807, 2.05) is 24.3 Å². The van der Waals surface area contributed by atoms with Crippen molar-refractivity contribution < 1.29 is 0 Å². The summed E-state index contributed by atoms with van der Waals surface area (Å²) in [5, 5.41) is 0. The zero-order chi connectivity index (χ0) is 32.6. The summed E-state index contributed by atoms with van der Waals surface area (Å²) >= 11 is 0. The zero-order valence-corrected chi connectivity index (χ0v) is 27.8. The van der Waals surface area contributed by atoms with Crippen LogP contribution in [0.4, 0.5) is 0 Å². The van der Waals surface area contributed by atoms with E-state index in [0.29, 0.717) is 0 Å². The second-order valence-electron chi connectivity index (χ2n) is 14.3. The molecule has 2 aliphatic rings. The number of fused-ring (bicyclic) bond motifs is 6. The largest absolute Gasteiger partial charge is 0.228 e. The summed E-state index contributed by atoms with van der Waals surface area (Å²) in [7, 11) is 0. The molecule has 0 saturated carbocycles. The molecule has 9 rings (SSSR count). The maximum atomic E-state index is 5.03. The minimum absolute atomic E-state index is 0.0110. The molecular formula is C46H36N2. The average Bonchev–Trinajstić information content (AvgIpc) is 3.50. The van der Waals surface area contributed by atoms with Gasteiger partial charge >= 0.3 is 0 Å². The molecule has 0 atom stereocenters. The molecular weight excluding hydrogens is 581 g/mol. The van der Waals surface area contributed by atoms with Crippen LogP contribution in [0.5, 0.6) is 0 Å². The molecule has 0 unspecified atom stereocenters. The lowest BCUT2D eigenvalue weighted by Crippen LogP contribution is -2.17. The molecule has 0 saturated heterocycles. The van der Waals surface area contributed by atoms with Gasteiger partial charge in [0.2, 0.25) is 0 Å². The van der Waals surface area contributed by atoms with Crippen LogP contribution in [0, 0.1) is 0 Å². The van der Waals surface area contributed by atoms with Gasteiger partial charge in [0.15, 0.2) is 5.82 Å². The van der Waals surface area contributed by atoms with E-state index >= 15 is 0 Å². The molecule has 6 aromatic carbocycles. The molecule has 1 aromatic heterocycles. The molecule has 48 heavy (non-hydrogen) atoms. The van der Waals surface area contributed by atoms with E-state index in [2.05, 4.69) is 149 Å². The van der Waals surface area contributed by atoms with Crippen LogP contribution in [0.1, 0.15) is 49.9 Å². The zero-order valence-electron chi connectivity index (χ0n) is 27.8. The predicted octanol–water partition coefficient (Wildman–Crippen LogP) is 11.8. The molecule has 2 nitrogen and oxygen atoms in total. The smallest absolute Gasteiger partial charge is 0.160 e. The highest BCUT2D eigenvalue weighted by atomic mass is 14.9. The van der Waals surface area contributed by atoms with Crippen molar-refractivity contribution in [1.82, 2.24) is 9.97 Å². The maximum absolute atomic E-state index is 5.03. The van der Waals surface area contributed by atoms with Crippen LogP contribution in [0.15, 0.2) is 146 Å². The highest BCUT2D eigenvalue weighted by Gasteiger charge is 2.41. The van der Waals surface area contributed by atoms with Crippen LogP contribution < -0.4 is 0 Å². The van der Waals surface area contributed by atoms with Crippen LogP contribution in [0.25, 0.3) is 67.3 Å². The Morgan fingerprint density at radius 2 is 0.792 bits per heavy atom. The average molecular weight is 617 g/mol. The summed E-state index contributed by atoms with van der Waals surface area (Å²) in [6, 6.07) is 52.5. The van der Waals surface area contributed by atoms with Crippen molar-refractivity contribution in [1.29, 1.82) is 0 Å². The monoisotopic (exact) mass is 616 g/mol. The first-order valence-electron chi connectivity index (χ1n) is 16.8. The molecule has 0 aliphatic heterocycles. The Kier molecular flexibility index (Phi) is 6.23. The van der Waals surface area contributed by atoms with Crippen LogP contribution in [-0.4, -0.2) is 9.97 Å². The maximum Gasteiger partial charge on any atom is 0.160 e.